The first-order chi connectivity index (χ1) is 8.63. The van der Waals surface area contributed by atoms with E-state index < -0.39 is 6.10 Å². The molecule has 0 bridgehead atoms. The van der Waals surface area contributed by atoms with Crippen LogP contribution in [0.15, 0.2) is 23.8 Å². The second-order valence-electron chi connectivity index (χ2n) is 4.50. The minimum absolute atomic E-state index is 0.157. The molecule has 2 aliphatic heterocycles. The lowest BCUT2D eigenvalue weighted by Crippen LogP contribution is -2.54. The summed E-state index contributed by atoms with van der Waals surface area (Å²) in [5.74, 6) is 0.0634. The number of carbonyl (C=O) groups is 1. The van der Waals surface area contributed by atoms with Crippen molar-refractivity contribution in [3.05, 3.63) is 35.2 Å². The minimum atomic E-state index is -0.427. The molecule has 0 aromatic heterocycles. The lowest BCUT2D eigenvalue weighted by atomic mass is 10.0. The Hall–Kier alpha value is -1.88. The molecule has 0 spiro atoms. The zero-order valence-electron chi connectivity index (χ0n) is 9.60. The highest BCUT2D eigenvalue weighted by molar-refractivity contribution is 5.99. The zero-order valence-corrected chi connectivity index (χ0v) is 9.60. The standard InChI is InChI=1S/C13H12FNO3/c14-10-1-2-12-8(4-10)3-9(7-18-12)13(17)15-5-11(16)6-15/h1-4,11,16H,5-7H2. The quantitative estimate of drug-likeness (QED) is 0.801. The van der Waals surface area contributed by atoms with E-state index in [0.29, 0.717) is 30.0 Å². The second kappa shape index (κ2) is 4.10. The Morgan fingerprint density at radius 1 is 1.44 bits per heavy atom. The predicted molar refractivity (Wildman–Crippen MR) is 62.5 cm³/mol. The molecule has 1 aromatic carbocycles. The van der Waals surface area contributed by atoms with Gasteiger partial charge < -0.3 is 14.7 Å². The third-order valence-electron chi connectivity index (χ3n) is 3.11. The maximum atomic E-state index is 13.1. The highest BCUT2D eigenvalue weighted by Gasteiger charge is 2.31. The Morgan fingerprint density at radius 3 is 2.94 bits per heavy atom. The van der Waals surface area contributed by atoms with Crippen molar-refractivity contribution in [2.24, 2.45) is 0 Å². The van der Waals surface area contributed by atoms with Gasteiger partial charge in [0.25, 0.3) is 5.91 Å². The summed E-state index contributed by atoms with van der Waals surface area (Å²) in [4.78, 5) is 13.5. The Labute approximate surface area is 103 Å². The first kappa shape index (κ1) is 11.2. The summed E-state index contributed by atoms with van der Waals surface area (Å²) in [5.41, 5.74) is 1.06. The van der Waals surface area contributed by atoms with Gasteiger partial charge in [0.05, 0.1) is 11.7 Å². The molecule has 1 N–H and O–H groups in total. The average Bonchev–Trinajstić information content (AvgIpc) is 2.33. The van der Waals surface area contributed by atoms with Gasteiger partial charge in [0.15, 0.2) is 0 Å². The van der Waals surface area contributed by atoms with Gasteiger partial charge in [-0.25, -0.2) is 4.39 Å². The molecule has 0 saturated carbocycles. The summed E-state index contributed by atoms with van der Waals surface area (Å²) in [6.07, 6.45) is 1.22. The van der Waals surface area contributed by atoms with Gasteiger partial charge in [-0.05, 0) is 24.3 Å². The van der Waals surface area contributed by atoms with Crippen LogP contribution in [0.25, 0.3) is 6.08 Å². The monoisotopic (exact) mass is 249 g/mol. The van der Waals surface area contributed by atoms with E-state index in [1.54, 1.807) is 17.0 Å². The molecule has 3 rings (SSSR count). The number of amides is 1. The largest absolute Gasteiger partial charge is 0.488 e. The van der Waals surface area contributed by atoms with Crippen LogP contribution in [-0.2, 0) is 4.79 Å². The van der Waals surface area contributed by atoms with Gasteiger partial charge in [-0.15, -0.1) is 0 Å². The van der Waals surface area contributed by atoms with Crippen LogP contribution < -0.4 is 4.74 Å². The molecule has 0 radical (unpaired) electrons. The van der Waals surface area contributed by atoms with Gasteiger partial charge in [-0.3, -0.25) is 4.79 Å². The van der Waals surface area contributed by atoms with Gasteiger partial charge in [-0.2, -0.15) is 0 Å². The van der Waals surface area contributed by atoms with Gasteiger partial charge in [0.2, 0.25) is 0 Å². The summed E-state index contributed by atoms with van der Waals surface area (Å²) < 4.78 is 18.5. The number of nitrogens with zero attached hydrogens (tertiary/aromatic N) is 1. The Bertz CT molecular complexity index is 535. The van der Waals surface area contributed by atoms with E-state index in [4.69, 9.17) is 9.84 Å². The van der Waals surface area contributed by atoms with Crippen molar-refractivity contribution in [1.29, 1.82) is 0 Å². The molecule has 0 aliphatic carbocycles. The van der Waals surface area contributed by atoms with Crippen molar-refractivity contribution in [3.8, 4) is 5.75 Å². The maximum absolute atomic E-state index is 13.1. The van der Waals surface area contributed by atoms with Crippen LogP contribution in [-0.4, -0.2) is 41.7 Å². The predicted octanol–water partition coefficient (Wildman–Crippen LogP) is 0.805. The lowest BCUT2D eigenvalue weighted by Gasteiger charge is -2.36. The van der Waals surface area contributed by atoms with Crippen molar-refractivity contribution < 1.29 is 19.0 Å². The number of hydrogen-bond donors (Lipinski definition) is 1. The fourth-order valence-electron chi connectivity index (χ4n) is 2.10. The third kappa shape index (κ3) is 1.86. The highest BCUT2D eigenvalue weighted by Crippen LogP contribution is 2.28. The normalized spacial score (nSPS) is 18.6. The van der Waals surface area contributed by atoms with Gasteiger partial charge in [0.1, 0.15) is 18.2 Å². The Kier molecular flexibility index (Phi) is 2.56. The smallest absolute Gasteiger partial charge is 0.253 e. The van der Waals surface area contributed by atoms with Crippen LogP contribution in [0.3, 0.4) is 0 Å². The van der Waals surface area contributed by atoms with E-state index in [0.717, 1.165) is 0 Å². The third-order valence-corrected chi connectivity index (χ3v) is 3.11. The van der Waals surface area contributed by atoms with Crippen molar-refractivity contribution in [2.45, 2.75) is 6.10 Å². The number of β-amino-alcohol motifs (C(OH)–C–C–N with tert-alkyl or cyclic N) is 1. The van der Waals surface area contributed by atoms with Gasteiger partial charge in [-0.1, -0.05) is 0 Å². The number of likely N-dealkylation sites (tertiary alicyclic amines) is 1. The first-order valence-electron chi connectivity index (χ1n) is 5.74. The number of rotatable bonds is 1. The molecular formula is C13H12FNO3. The molecule has 5 heteroatoms. The SMILES string of the molecule is O=C(C1=Cc2cc(F)ccc2OC1)N1CC(O)C1. The second-order valence-corrected chi connectivity index (χ2v) is 4.50. The molecule has 1 aromatic rings. The Morgan fingerprint density at radius 2 is 2.22 bits per heavy atom. The summed E-state index contributed by atoms with van der Waals surface area (Å²) >= 11 is 0. The number of carbonyl (C=O) groups excluding carboxylic acids is 1. The van der Waals surface area contributed by atoms with Crippen LogP contribution in [0.4, 0.5) is 4.39 Å². The molecule has 1 fully saturated rings. The molecule has 4 nitrogen and oxygen atoms in total. The molecule has 18 heavy (non-hydrogen) atoms. The highest BCUT2D eigenvalue weighted by atomic mass is 19.1. The molecule has 1 amide bonds. The molecule has 1 saturated heterocycles. The molecule has 2 aliphatic rings. The number of fused-ring (bicyclic) bond motifs is 1. The van der Waals surface area contributed by atoms with E-state index in [9.17, 15) is 9.18 Å². The summed E-state index contributed by atoms with van der Waals surface area (Å²) in [5, 5.41) is 9.17. The van der Waals surface area contributed by atoms with Crippen molar-refractivity contribution in [3.63, 3.8) is 0 Å². The van der Waals surface area contributed by atoms with Crippen LogP contribution in [0, 0.1) is 5.82 Å². The minimum Gasteiger partial charge on any atom is -0.488 e. The van der Waals surface area contributed by atoms with Crippen molar-refractivity contribution in [1.82, 2.24) is 4.90 Å². The van der Waals surface area contributed by atoms with Crippen molar-refractivity contribution in [2.75, 3.05) is 19.7 Å². The molecular weight excluding hydrogens is 237 g/mol. The Balaban J connectivity index is 1.84. The zero-order chi connectivity index (χ0) is 12.7. The van der Waals surface area contributed by atoms with E-state index in [1.807, 2.05) is 0 Å². The number of hydrogen-bond acceptors (Lipinski definition) is 3. The molecule has 0 atom stereocenters. The molecule has 94 valence electrons. The van der Waals surface area contributed by atoms with E-state index in [2.05, 4.69) is 0 Å². The number of aliphatic hydroxyl groups is 1. The van der Waals surface area contributed by atoms with Crippen LogP contribution >= 0.6 is 0 Å². The number of benzene rings is 1. The molecule has 2 heterocycles. The van der Waals surface area contributed by atoms with Gasteiger partial charge in [0, 0.05) is 18.7 Å². The fraction of sp³-hybridized carbons (Fsp3) is 0.308. The number of halogens is 1. The maximum Gasteiger partial charge on any atom is 0.253 e. The van der Waals surface area contributed by atoms with E-state index in [1.165, 1.54) is 12.1 Å². The number of ether oxygens (including phenoxy) is 1. The topological polar surface area (TPSA) is 49.8 Å². The summed E-state index contributed by atoms with van der Waals surface area (Å²) in [7, 11) is 0. The van der Waals surface area contributed by atoms with E-state index in [-0.39, 0.29) is 18.3 Å². The van der Waals surface area contributed by atoms with Crippen LogP contribution in [0.1, 0.15) is 5.56 Å². The average molecular weight is 249 g/mol. The van der Waals surface area contributed by atoms with Crippen molar-refractivity contribution >= 4 is 12.0 Å². The van der Waals surface area contributed by atoms with Gasteiger partial charge >= 0.3 is 0 Å². The van der Waals surface area contributed by atoms with Crippen LogP contribution in [0.2, 0.25) is 0 Å². The van der Waals surface area contributed by atoms with E-state index >= 15 is 0 Å². The summed E-state index contributed by atoms with van der Waals surface area (Å²) in [6.45, 7) is 0.891. The fourth-order valence-corrected chi connectivity index (χ4v) is 2.10. The van der Waals surface area contributed by atoms with Crippen LogP contribution in [0.5, 0.6) is 5.75 Å². The first-order valence-corrected chi connectivity index (χ1v) is 5.74. The summed E-state index contributed by atoms with van der Waals surface area (Å²) in [6, 6.07) is 4.22. The lowest BCUT2D eigenvalue weighted by molar-refractivity contribution is -0.137. The molecule has 0 unspecified atom stereocenters. The number of aliphatic hydroxyl groups excluding tert-OH is 1.